The predicted molar refractivity (Wildman–Crippen MR) is 72.5 cm³/mol. The van der Waals surface area contributed by atoms with Crippen molar-refractivity contribution in [3.8, 4) is 0 Å². The summed E-state index contributed by atoms with van der Waals surface area (Å²) in [5, 5.41) is 11.5. The highest BCUT2D eigenvalue weighted by molar-refractivity contribution is 6.07. The molecule has 2 aromatic carbocycles. The van der Waals surface area contributed by atoms with E-state index in [0.29, 0.717) is 5.56 Å². The normalized spacial score (nSPS) is 10.1. The number of aromatic carboxylic acids is 1. The number of nitrogens with one attached hydrogen (secondary N) is 1. The molecule has 0 heterocycles. The SMILES string of the molecule is Cc1ccc(C(=O)Nc2ccc(F)cc2C(=O)O)cc1. The highest BCUT2D eigenvalue weighted by Gasteiger charge is 2.14. The van der Waals surface area contributed by atoms with Gasteiger partial charge in [-0.2, -0.15) is 0 Å². The first kappa shape index (κ1) is 13.7. The lowest BCUT2D eigenvalue weighted by molar-refractivity contribution is 0.0697. The van der Waals surface area contributed by atoms with E-state index in [1.807, 2.05) is 6.92 Å². The summed E-state index contributed by atoms with van der Waals surface area (Å²) < 4.78 is 13.0. The largest absolute Gasteiger partial charge is 0.478 e. The molecule has 20 heavy (non-hydrogen) atoms. The number of rotatable bonds is 3. The molecule has 0 aliphatic carbocycles. The number of carboxylic acids is 1. The molecule has 0 aromatic heterocycles. The number of aryl methyl sites for hydroxylation is 1. The van der Waals surface area contributed by atoms with Crippen LogP contribution in [0.2, 0.25) is 0 Å². The smallest absolute Gasteiger partial charge is 0.337 e. The molecule has 0 saturated heterocycles. The van der Waals surface area contributed by atoms with E-state index in [0.717, 1.165) is 17.7 Å². The molecule has 2 rings (SSSR count). The minimum atomic E-state index is -1.30. The molecule has 5 heteroatoms. The molecule has 1 amide bonds. The number of anilines is 1. The quantitative estimate of drug-likeness (QED) is 0.903. The number of hydrogen-bond acceptors (Lipinski definition) is 2. The zero-order valence-electron chi connectivity index (χ0n) is 10.7. The molecule has 102 valence electrons. The number of amides is 1. The summed E-state index contributed by atoms with van der Waals surface area (Å²) in [5.41, 5.74) is 1.18. The van der Waals surface area contributed by atoms with Crippen LogP contribution in [-0.2, 0) is 0 Å². The first-order valence-corrected chi connectivity index (χ1v) is 5.88. The number of hydrogen-bond donors (Lipinski definition) is 2. The fourth-order valence-electron chi connectivity index (χ4n) is 1.70. The van der Waals surface area contributed by atoms with E-state index in [4.69, 9.17) is 5.11 Å². The maximum Gasteiger partial charge on any atom is 0.337 e. The molecule has 0 aliphatic rings. The highest BCUT2D eigenvalue weighted by atomic mass is 19.1. The minimum Gasteiger partial charge on any atom is -0.478 e. The van der Waals surface area contributed by atoms with Crippen molar-refractivity contribution in [3.63, 3.8) is 0 Å². The van der Waals surface area contributed by atoms with Gasteiger partial charge in [-0.3, -0.25) is 4.79 Å². The lowest BCUT2D eigenvalue weighted by atomic mass is 10.1. The Morgan fingerprint density at radius 3 is 2.35 bits per heavy atom. The summed E-state index contributed by atoms with van der Waals surface area (Å²) in [6, 6.07) is 10.0. The lowest BCUT2D eigenvalue weighted by Gasteiger charge is -2.08. The molecule has 4 nitrogen and oxygen atoms in total. The van der Waals surface area contributed by atoms with Crippen molar-refractivity contribution in [1.29, 1.82) is 0 Å². The van der Waals surface area contributed by atoms with Gasteiger partial charge in [-0.25, -0.2) is 9.18 Å². The van der Waals surface area contributed by atoms with Crippen molar-refractivity contribution in [2.24, 2.45) is 0 Å². The number of halogens is 1. The Balaban J connectivity index is 2.28. The Bertz CT molecular complexity index is 665. The first-order valence-electron chi connectivity index (χ1n) is 5.88. The molecule has 0 spiro atoms. The fraction of sp³-hybridized carbons (Fsp3) is 0.0667. The predicted octanol–water partition coefficient (Wildman–Crippen LogP) is 3.08. The van der Waals surface area contributed by atoms with E-state index >= 15 is 0 Å². The van der Waals surface area contributed by atoms with Crippen molar-refractivity contribution in [3.05, 3.63) is 65.0 Å². The molecule has 0 aliphatic heterocycles. The Morgan fingerprint density at radius 1 is 1.10 bits per heavy atom. The second kappa shape index (κ2) is 5.52. The highest BCUT2D eigenvalue weighted by Crippen LogP contribution is 2.18. The van der Waals surface area contributed by atoms with Crippen molar-refractivity contribution in [2.45, 2.75) is 6.92 Å². The number of carbonyl (C=O) groups is 2. The Morgan fingerprint density at radius 2 is 1.75 bits per heavy atom. The van der Waals surface area contributed by atoms with Crippen LogP contribution in [0.25, 0.3) is 0 Å². The third-order valence-corrected chi connectivity index (χ3v) is 2.77. The Labute approximate surface area is 114 Å². The van der Waals surface area contributed by atoms with Gasteiger partial charge in [0.05, 0.1) is 11.3 Å². The van der Waals surface area contributed by atoms with E-state index in [2.05, 4.69) is 5.32 Å². The molecular formula is C15H12FNO3. The summed E-state index contributed by atoms with van der Waals surface area (Å²) >= 11 is 0. The minimum absolute atomic E-state index is 0.0597. The molecular weight excluding hydrogens is 261 g/mol. The number of carbonyl (C=O) groups excluding carboxylic acids is 1. The maximum atomic E-state index is 13.0. The van der Waals surface area contributed by atoms with Gasteiger partial charge in [-0.15, -0.1) is 0 Å². The van der Waals surface area contributed by atoms with Crippen molar-refractivity contribution < 1.29 is 19.1 Å². The maximum absolute atomic E-state index is 13.0. The third kappa shape index (κ3) is 3.00. The zero-order valence-corrected chi connectivity index (χ0v) is 10.7. The molecule has 0 unspecified atom stereocenters. The number of benzene rings is 2. The summed E-state index contributed by atoms with van der Waals surface area (Å²) in [6.45, 7) is 1.89. The third-order valence-electron chi connectivity index (χ3n) is 2.77. The van der Waals surface area contributed by atoms with Gasteiger partial charge in [0.15, 0.2) is 0 Å². The molecule has 0 bridgehead atoms. The van der Waals surface area contributed by atoms with Crippen molar-refractivity contribution in [1.82, 2.24) is 0 Å². The standard InChI is InChI=1S/C15H12FNO3/c1-9-2-4-10(5-3-9)14(18)17-13-7-6-11(16)8-12(13)15(19)20/h2-8H,1H3,(H,17,18)(H,19,20). The molecule has 0 atom stereocenters. The van der Waals surface area contributed by atoms with Crippen LogP contribution in [0.1, 0.15) is 26.3 Å². The average Bonchev–Trinajstić information content (AvgIpc) is 2.41. The average molecular weight is 273 g/mol. The summed E-state index contributed by atoms with van der Waals surface area (Å²) in [6.07, 6.45) is 0. The molecule has 0 saturated carbocycles. The van der Waals surface area contributed by atoms with E-state index in [1.165, 1.54) is 6.07 Å². The van der Waals surface area contributed by atoms with Gasteiger partial charge in [0.2, 0.25) is 0 Å². The van der Waals surface area contributed by atoms with Crippen LogP contribution in [0.4, 0.5) is 10.1 Å². The van der Waals surface area contributed by atoms with Crippen LogP contribution in [0, 0.1) is 12.7 Å². The van der Waals surface area contributed by atoms with Gasteiger partial charge in [0.1, 0.15) is 5.82 Å². The lowest BCUT2D eigenvalue weighted by Crippen LogP contribution is -2.15. The molecule has 2 aromatic rings. The monoisotopic (exact) mass is 273 g/mol. The summed E-state index contributed by atoms with van der Waals surface area (Å²) in [7, 11) is 0. The molecule has 2 N–H and O–H groups in total. The zero-order chi connectivity index (χ0) is 14.7. The van der Waals surface area contributed by atoms with Crippen molar-refractivity contribution >= 4 is 17.6 Å². The van der Waals surface area contributed by atoms with E-state index in [9.17, 15) is 14.0 Å². The Hall–Kier alpha value is -2.69. The Kier molecular flexibility index (Phi) is 3.79. The van der Waals surface area contributed by atoms with Crippen LogP contribution < -0.4 is 5.32 Å². The van der Waals surface area contributed by atoms with Gasteiger partial charge >= 0.3 is 5.97 Å². The van der Waals surface area contributed by atoms with Crippen LogP contribution in [-0.4, -0.2) is 17.0 Å². The summed E-state index contributed by atoms with van der Waals surface area (Å²) in [5.74, 6) is -2.42. The summed E-state index contributed by atoms with van der Waals surface area (Å²) in [4.78, 5) is 23.0. The van der Waals surface area contributed by atoms with Crippen LogP contribution in [0.15, 0.2) is 42.5 Å². The van der Waals surface area contributed by atoms with Gasteiger partial charge in [0, 0.05) is 5.56 Å². The van der Waals surface area contributed by atoms with Gasteiger partial charge in [-0.1, -0.05) is 17.7 Å². The van der Waals surface area contributed by atoms with E-state index in [-0.39, 0.29) is 11.3 Å². The topological polar surface area (TPSA) is 66.4 Å². The van der Waals surface area contributed by atoms with Gasteiger partial charge in [-0.05, 0) is 37.3 Å². The second-order valence-electron chi connectivity index (χ2n) is 4.32. The van der Waals surface area contributed by atoms with E-state index in [1.54, 1.807) is 24.3 Å². The van der Waals surface area contributed by atoms with Crippen LogP contribution in [0.5, 0.6) is 0 Å². The van der Waals surface area contributed by atoms with Gasteiger partial charge < -0.3 is 10.4 Å². The molecule has 0 radical (unpaired) electrons. The number of carboxylic acid groups (broad SMARTS) is 1. The van der Waals surface area contributed by atoms with E-state index < -0.39 is 17.7 Å². The molecule has 0 fully saturated rings. The van der Waals surface area contributed by atoms with Crippen molar-refractivity contribution in [2.75, 3.05) is 5.32 Å². The van der Waals surface area contributed by atoms with Gasteiger partial charge in [0.25, 0.3) is 5.91 Å². The first-order chi connectivity index (χ1) is 9.47. The van der Waals surface area contributed by atoms with Crippen LogP contribution in [0.3, 0.4) is 0 Å². The fourth-order valence-corrected chi connectivity index (χ4v) is 1.70. The van der Waals surface area contributed by atoms with Crippen LogP contribution >= 0.6 is 0 Å². The second-order valence-corrected chi connectivity index (χ2v) is 4.32.